The lowest BCUT2D eigenvalue weighted by Gasteiger charge is -2.27. The predicted octanol–water partition coefficient (Wildman–Crippen LogP) is 3.59. The molecule has 2 amide bonds. The molecule has 0 unspecified atom stereocenters. The molecule has 2 aromatic rings. The molecule has 0 radical (unpaired) electrons. The van der Waals surface area contributed by atoms with Gasteiger partial charge in [0, 0.05) is 4.88 Å². The first-order valence-corrected chi connectivity index (χ1v) is 10.8. The molecule has 0 aromatic carbocycles. The Morgan fingerprint density at radius 3 is 2.66 bits per heavy atom. The van der Waals surface area contributed by atoms with Gasteiger partial charge in [0.2, 0.25) is 5.91 Å². The standard InChI is InChI=1S/C21H24N2O5S/c24-18(13-6-1-2-7-14(13)21(26)27)23-20-17(15-8-3-9-16(15)29-20)19(25)22-11-12-5-4-10-28-12/h4-5,10,13-14H,1-3,6-9,11H2,(H,22,25)(H,23,24)(H,26,27)/t13-,14+/m0/s1. The zero-order chi connectivity index (χ0) is 20.4. The number of furan rings is 1. The van der Waals surface area contributed by atoms with E-state index in [-0.39, 0.29) is 18.4 Å². The summed E-state index contributed by atoms with van der Waals surface area (Å²) in [5, 5.41) is 15.8. The van der Waals surface area contributed by atoms with Crippen LogP contribution < -0.4 is 10.6 Å². The molecular formula is C21H24N2O5S. The molecule has 3 N–H and O–H groups in total. The third-order valence-electron chi connectivity index (χ3n) is 5.81. The Morgan fingerprint density at radius 1 is 1.14 bits per heavy atom. The van der Waals surface area contributed by atoms with E-state index in [1.807, 2.05) is 0 Å². The summed E-state index contributed by atoms with van der Waals surface area (Å²) in [5.74, 6) is -2.02. The molecule has 8 heteroatoms. The summed E-state index contributed by atoms with van der Waals surface area (Å²) in [4.78, 5) is 38.5. The monoisotopic (exact) mass is 416 g/mol. The van der Waals surface area contributed by atoms with Crippen molar-refractivity contribution in [2.24, 2.45) is 11.8 Å². The number of hydrogen-bond donors (Lipinski definition) is 3. The van der Waals surface area contributed by atoms with E-state index in [0.29, 0.717) is 29.2 Å². The summed E-state index contributed by atoms with van der Waals surface area (Å²) >= 11 is 1.44. The summed E-state index contributed by atoms with van der Waals surface area (Å²) in [6.07, 6.45) is 7.02. The minimum absolute atomic E-state index is 0.241. The van der Waals surface area contributed by atoms with Gasteiger partial charge in [0.05, 0.1) is 30.2 Å². The molecule has 1 saturated carbocycles. The zero-order valence-corrected chi connectivity index (χ0v) is 16.8. The Labute approximate surface area is 172 Å². The van der Waals surface area contributed by atoms with Crippen LogP contribution in [0.25, 0.3) is 0 Å². The number of aliphatic carboxylic acids is 1. The molecular weight excluding hydrogens is 392 g/mol. The highest BCUT2D eigenvalue weighted by Gasteiger charge is 2.37. The van der Waals surface area contributed by atoms with Gasteiger partial charge in [0.25, 0.3) is 5.91 Å². The second-order valence-corrected chi connectivity index (χ2v) is 8.75. The van der Waals surface area contributed by atoms with Crippen molar-refractivity contribution in [3.05, 3.63) is 40.2 Å². The van der Waals surface area contributed by atoms with Gasteiger partial charge in [0.15, 0.2) is 0 Å². The van der Waals surface area contributed by atoms with Gasteiger partial charge < -0.3 is 20.2 Å². The van der Waals surface area contributed by atoms with E-state index in [1.54, 1.807) is 18.4 Å². The molecule has 1 fully saturated rings. The van der Waals surface area contributed by atoms with Crippen molar-refractivity contribution in [2.75, 3.05) is 5.32 Å². The van der Waals surface area contributed by atoms with Crippen molar-refractivity contribution < 1.29 is 23.9 Å². The normalized spacial score (nSPS) is 20.8. The van der Waals surface area contributed by atoms with Crippen LogP contribution in [0.5, 0.6) is 0 Å². The number of carboxylic acids is 1. The van der Waals surface area contributed by atoms with E-state index >= 15 is 0 Å². The van der Waals surface area contributed by atoms with E-state index in [2.05, 4.69) is 10.6 Å². The predicted molar refractivity (Wildman–Crippen MR) is 108 cm³/mol. The number of nitrogens with one attached hydrogen (secondary N) is 2. The lowest BCUT2D eigenvalue weighted by molar-refractivity contribution is -0.147. The van der Waals surface area contributed by atoms with Gasteiger partial charge in [-0.1, -0.05) is 12.8 Å². The van der Waals surface area contributed by atoms with Crippen molar-refractivity contribution in [1.82, 2.24) is 5.32 Å². The van der Waals surface area contributed by atoms with E-state index in [0.717, 1.165) is 42.5 Å². The number of aryl methyl sites for hydroxylation is 1. The molecule has 0 saturated heterocycles. The number of amides is 2. The Bertz CT molecular complexity index is 918. The van der Waals surface area contributed by atoms with Crippen LogP contribution in [-0.2, 0) is 29.0 Å². The van der Waals surface area contributed by atoms with E-state index < -0.39 is 17.8 Å². The summed E-state index contributed by atoms with van der Waals surface area (Å²) < 4.78 is 5.26. The Kier molecular flexibility index (Phi) is 5.71. The molecule has 29 heavy (non-hydrogen) atoms. The fourth-order valence-electron chi connectivity index (χ4n) is 4.35. The van der Waals surface area contributed by atoms with Crippen molar-refractivity contribution in [1.29, 1.82) is 0 Å². The van der Waals surface area contributed by atoms with Gasteiger partial charge in [-0.15, -0.1) is 11.3 Å². The van der Waals surface area contributed by atoms with Gasteiger partial charge >= 0.3 is 5.97 Å². The van der Waals surface area contributed by atoms with Crippen LogP contribution in [0, 0.1) is 11.8 Å². The molecule has 2 aromatic heterocycles. The molecule has 154 valence electrons. The number of fused-ring (bicyclic) bond motifs is 1. The summed E-state index contributed by atoms with van der Waals surface area (Å²) in [5.41, 5.74) is 1.52. The van der Waals surface area contributed by atoms with Crippen LogP contribution in [0.2, 0.25) is 0 Å². The van der Waals surface area contributed by atoms with Crippen molar-refractivity contribution in [2.45, 2.75) is 51.5 Å². The van der Waals surface area contributed by atoms with Gasteiger partial charge in [-0.2, -0.15) is 0 Å². The number of thiophene rings is 1. The average molecular weight is 416 g/mol. The van der Waals surface area contributed by atoms with Crippen molar-refractivity contribution >= 4 is 34.1 Å². The highest BCUT2D eigenvalue weighted by atomic mass is 32.1. The van der Waals surface area contributed by atoms with Crippen LogP contribution in [0.3, 0.4) is 0 Å². The number of rotatable bonds is 6. The van der Waals surface area contributed by atoms with Gasteiger partial charge in [-0.3, -0.25) is 14.4 Å². The Morgan fingerprint density at radius 2 is 1.93 bits per heavy atom. The number of carboxylic acid groups (broad SMARTS) is 1. The molecule has 2 heterocycles. The van der Waals surface area contributed by atoms with Gasteiger partial charge in [-0.25, -0.2) is 0 Å². The summed E-state index contributed by atoms with van der Waals surface area (Å²) in [7, 11) is 0. The van der Waals surface area contributed by atoms with Crippen molar-refractivity contribution in [3.63, 3.8) is 0 Å². The molecule has 4 rings (SSSR count). The molecule has 0 bridgehead atoms. The minimum atomic E-state index is -0.921. The summed E-state index contributed by atoms with van der Waals surface area (Å²) in [6, 6.07) is 3.55. The van der Waals surface area contributed by atoms with Crippen LogP contribution in [0.4, 0.5) is 5.00 Å². The average Bonchev–Trinajstić information content (AvgIpc) is 3.43. The topological polar surface area (TPSA) is 109 Å². The number of carbonyl (C=O) groups excluding carboxylic acids is 2. The SMILES string of the molecule is O=C(NCc1ccco1)c1c(NC(=O)[C@H]2CCCC[C@H]2C(=O)O)sc2c1CCC2. The van der Waals surface area contributed by atoms with E-state index in [9.17, 15) is 19.5 Å². The first-order chi connectivity index (χ1) is 14.0. The maximum absolute atomic E-state index is 12.9. The lowest BCUT2D eigenvalue weighted by atomic mass is 9.79. The second-order valence-electron chi connectivity index (χ2n) is 7.65. The summed E-state index contributed by atoms with van der Waals surface area (Å²) in [6.45, 7) is 0.271. The highest BCUT2D eigenvalue weighted by molar-refractivity contribution is 7.17. The number of anilines is 1. The number of carbonyl (C=O) groups is 3. The van der Waals surface area contributed by atoms with E-state index in [4.69, 9.17) is 4.42 Å². The second kappa shape index (κ2) is 8.41. The van der Waals surface area contributed by atoms with Crippen molar-refractivity contribution in [3.8, 4) is 0 Å². The van der Waals surface area contributed by atoms with Crippen LogP contribution in [0.15, 0.2) is 22.8 Å². The lowest BCUT2D eigenvalue weighted by Crippen LogP contribution is -2.36. The highest BCUT2D eigenvalue weighted by Crippen LogP contribution is 2.40. The van der Waals surface area contributed by atoms with Gasteiger partial charge in [-0.05, 0) is 49.8 Å². The van der Waals surface area contributed by atoms with Crippen LogP contribution in [0.1, 0.15) is 58.7 Å². The zero-order valence-electron chi connectivity index (χ0n) is 16.0. The molecule has 2 aliphatic carbocycles. The first-order valence-electron chi connectivity index (χ1n) is 10.0. The van der Waals surface area contributed by atoms with Crippen LogP contribution in [-0.4, -0.2) is 22.9 Å². The molecule has 7 nitrogen and oxygen atoms in total. The Hall–Kier alpha value is -2.61. The molecule has 0 spiro atoms. The molecule has 0 aliphatic heterocycles. The largest absolute Gasteiger partial charge is 0.481 e. The molecule has 2 aliphatic rings. The Balaban J connectivity index is 1.53. The quantitative estimate of drug-likeness (QED) is 0.667. The van der Waals surface area contributed by atoms with E-state index in [1.165, 1.54) is 11.3 Å². The molecule has 2 atom stereocenters. The fourth-order valence-corrected chi connectivity index (χ4v) is 5.64. The minimum Gasteiger partial charge on any atom is -0.481 e. The third kappa shape index (κ3) is 4.07. The van der Waals surface area contributed by atoms with Gasteiger partial charge in [0.1, 0.15) is 10.8 Å². The third-order valence-corrected chi connectivity index (χ3v) is 7.02. The number of hydrogen-bond acceptors (Lipinski definition) is 5. The maximum Gasteiger partial charge on any atom is 0.307 e. The first kappa shape index (κ1) is 19.7. The smallest absolute Gasteiger partial charge is 0.307 e. The fraction of sp³-hybridized carbons (Fsp3) is 0.476. The van der Waals surface area contributed by atoms with Crippen LogP contribution >= 0.6 is 11.3 Å². The maximum atomic E-state index is 12.9.